The summed E-state index contributed by atoms with van der Waals surface area (Å²) in [5.74, 6) is 0. The first-order valence-electron chi connectivity index (χ1n) is 6.27. The molecule has 2 aromatic carbocycles. The molecule has 0 aliphatic heterocycles. The number of hydrogen-bond acceptors (Lipinski definition) is 3. The molecule has 4 heteroatoms. The molecule has 0 atom stereocenters. The van der Waals surface area contributed by atoms with Gasteiger partial charge in [0.25, 0.3) is 0 Å². The van der Waals surface area contributed by atoms with Crippen LogP contribution in [0.2, 0.25) is 0 Å². The van der Waals surface area contributed by atoms with Crippen LogP contribution < -0.4 is 5.46 Å². The van der Waals surface area contributed by atoms with Crippen LogP contribution in [0.25, 0.3) is 20.2 Å². The smallest absolute Gasteiger partial charge is 0.423 e. The maximum absolute atomic E-state index is 9.39. The van der Waals surface area contributed by atoms with E-state index < -0.39 is 7.12 Å². The van der Waals surface area contributed by atoms with Crippen LogP contribution in [0.5, 0.6) is 0 Å². The zero-order chi connectivity index (χ0) is 13.7. The minimum Gasteiger partial charge on any atom is -0.423 e. The van der Waals surface area contributed by atoms with E-state index in [2.05, 4.69) is 0 Å². The summed E-state index contributed by atoms with van der Waals surface area (Å²) < 4.78 is 24.6. The summed E-state index contributed by atoms with van der Waals surface area (Å²) in [5, 5.41) is 20.2. The van der Waals surface area contributed by atoms with Crippen LogP contribution in [-0.2, 0) is 0 Å². The number of thiophene rings is 1. The summed E-state index contributed by atoms with van der Waals surface area (Å²) in [4.78, 5) is 0. The molecule has 0 amide bonds. The Morgan fingerprint density at radius 1 is 1.12 bits per heavy atom. The summed E-state index contributed by atoms with van der Waals surface area (Å²) in [7, 11) is -1.65. The second kappa shape index (κ2) is 3.59. The van der Waals surface area contributed by atoms with Crippen molar-refractivity contribution in [1.29, 1.82) is 0 Å². The highest BCUT2D eigenvalue weighted by molar-refractivity contribution is 7.27. The predicted octanol–water partition coefficient (Wildman–Crippen LogP) is 1.73. The number of benzene rings is 2. The summed E-state index contributed by atoms with van der Waals surface area (Å²) in [6.45, 7) is 0. The zero-order valence-corrected chi connectivity index (χ0v) is 9.01. The van der Waals surface area contributed by atoms with E-state index in [0.717, 1.165) is 0 Å². The minimum atomic E-state index is -1.65. The van der Waals surface area contributed by atoms with Gasteiger partial charge in [-0.25, -0.2) is 0 Å². The van der Waals surface area contributed by atoms with Gasteiger partial charge in [-0.3, -0.25) is 0 Å². The van der Waals surface area contributed by atoms with Crippen molar-refractivity contribution in [2.75, 3.05) is 0 Å². The summed E-state index contributed by atoms with van der Waals surface area (Å²) >= 11 is 1.29. The first kappa shape index (κ1) is 7.07. The zero-order valence-electron chi connectivity index (χ0n) is 11.2. The van der Waals surface area contributed by atoms with Gasteiger partial charge < -0.3 is 10.0 Å². The number of hydrogen-bond donors (Lipinski definition) is 2. The van der Waals surface area contributed by atoms with Crippen LogP contribution in [0.1, 0.15) is 4.11 Å². The van der Waals surface area contributed by atoms with E-state index in [1.165, 1.54) is 23.5 Å². The third kappa shape index (κ3) is 1.35. The first-order valence-corrected chi connectivity index (χ1v) is 5.59. The van der Waals surface area contributed by atoms with Gasteiger partial charge in [0.1, 0.15) is 0 Å². The van der Waals surface area contributed by atoms with Crippen molar-refractivity contribution in [1.82, 2.24) is 0 Å². The number of fused-ring (bicyclic) bond motifs is 3. The van der Waals surface area contributed by atoms with Crippen molar-refractivity contribution in [3.8, 4) is 0 Å². The van der Waals surface area contributed by atoms with Crippen LogP contribution in [0.3, 0.4) is 0 Å². The molecule has 2 N–H and O–H groups in total. The van der Waals surface area contributed by atoms with Gasteiger partial charge in [-0.15, -0.1) is 11.3 Å². The number of rotatable bonds is 1. The fourth-order valence-corrected chi connectivity index (χ4v) is 2.93. The normalized spacial score (nSPS) is 13.8. The van der Waals surface area contributed by atoms with E-state index in [4.69, 9.17) is 4.11 Å². The molecule has 0 saturated carbocycles. The SMILES string of the molecule is [2H]c1cc([2H])c2sc3c(B(O)O)cc([2H])cc3c2c1. The molecule has 3 aromatic rings. The van der Waals surface area contributed by atoms with Gasteiger partial charge in [-0.1, -0.05) is 36.4 Å². The maximum atomic E-state index is 9.39. The summed E-state index contributed by atoms with van der Waals surface area (Å²) in [6, 6.07) is 6.78. The predicted molar refractivity (Wildman–Crippen MR) is 69.2 cm³/mol. The Morgan fingerprint density at radius 3 is 2.75 bits per heavy atom. The summed E-state index contributed by atoms with van der Waals surface area (Å²) in [5.41, 5.74) is 0.273. The van der Waals surface area contributed by atoms with Crippen molar-refractivity contribution in [2.24, 2.45) is 0 Å². The second-order valence-electron chi connectivity index (χ2n) is 3.47. The Morgan fingerprint density at radius 2 is 1.94 bits per heavy atom. The highest BCUT2D eigenvalue weighted by Crippen LogP contribution is 2.32. The monoisotopic (exact) mass is 231 g/mol. The molecule has 0 saturated heterocycles. The quantitative estimate of drug-likeness (QED) is 0.626. The Kier molecular flexibility index (Phi) is 1.59. The third-order valence-corrected chi connectivity index (χ3v) is 3.71. The lowest BCUT2D eigenvalue weighted by Gasteiger charge is -1.99. The average molecular weight is 231 g/mol. The Labute approximate surface area is 101 Å². The molecule has 0 unspecified atom stereocenters. The largest absolute Gasteiger partial charge is 0.489 e. The third-order valence-electron chi connectivity index (χ3n) is 2.50. The second-order valence-corrected chi connectivity index (χ2v) is 4.49. The Balaban J connectivity index is 2.53. The lowest BCUT2D eigenvalue weighted by atomic mass is 9.80. The van der Waals surface area contributed by atoms with Gasteiger partial charge in [0.15, 0.2) is 0 Å². The molecular weight excluding hydrogens is 219 g/mol. The van der Waals surface area contributed by atoms with E-state index in [0.29, 0.717) is 20.2 Å². The van der Waals surface area contributed by atoms with E-state index >= 15 is 0 Å². The van der Waals surface area contributed by atoms with Gasteiger partial charge >= 0.3 is 7.12 Å². The van der Waals surface area contributed by atoms with Crippen LogP contribution in [-0.4, -0.2) is 17.2 Å². The van der Waals surface area contributed by atoms with E-state index in [1.807, 2.05) is 0 Å². The van der Waals surface area contributed by atoms with Gasteiger partial charge in [0.2, 0.25) is 0 Å². The molecular formula is C12H9BO2S. The van der Waals surface area contributed by atoms with Crippen molar-refractivity contribution in [2.45, 2.75) is 0 Å². The van der Waals surface area contributed by atoms with Gasteiger partial charge in [0, 0.05) is 14.8 Å². The lowest BCUT2D eigenvalue weighted by molar-refractivity contribution is 0.426. The van der Waals surface area contributed by atoms with Crippen LogP contribution in [0.4, 0.5) is 0 Å². The van der Waals surface area contributed by atoms with E-state index in [-0.39, 0.29) is 23.6 Å². The minimum absolute atomic E-state index is 0.178. The molecule has 0 radical (unpaired) electrons. The topological polar surface area (TPSA) is 40.5 Å². The molecule has 3 rings (SSSR count). The average Bonchev–Trinajstić information content (AvgIpc) is 2.67. The first-order chi connectivity index (χ1) is 8.97. The molecule has 1 aromatic heterocycles. The van der Waals surface area contributed by atoms with E-state index in [1.54, 1.807) is 12.1 Å². The van der Waals surface area contributed by atoms with Crippen molar-refractivity contribution < 1.29 is 14.2 Å². The Bertz CT molecular complexity index is 801. The molecule has 2 nitrogen and oxygen atoms in total. The van der Waals surface area contributed by atoms with Crippen molar-refractivity contribution in [3.63, 3.8) is 0 Å². The van der Waals surface area contributed by atoms with Crippen LogP contribution in [0.15, 0.2) is 42.4 Å². The highest BCUT2D eigenvalue weighted by atomic mass is 32.1. The molecule has 1 heterocycles. The van der Waals surface area contributed by atoms with Gasteiger partial charge in [0.05, 0.1) is 4.11 Å². The molecule has 0 fully saturated rings. The van der Waals surface area contributed by atoms with Crippen LogP contribution >= 0.6 is 11.3 Å². The molecule has 0 bridgehead atoms. The summed E-state index contributed by atoms with van der Waals surface area (Å²) in [6.07, 6.45) is 0. The molecule has 0 spiro atoms. The lowest BCUT2D eigenvalue weighted by Crippen LogP contribution is -2.29. The van der Waals surface area contributed by atoms with Crippen molar-refractivity contribution >= 4 is 44.1 Å². The fourth-order valence-electron chi connectivity index (χ4n) is 1.77. The van der Waals surface area contributed by atoms with E-state index in [9.17, 15) is 10.0 Å². The molecule has 0 aliphatic carbocycles. The highest BCUT2D eigenvalue weighted by Gasteiger charge is 2.16. The van der Waals surface area contributed by atoms with Crippen molar-refractivity contribution in [3.05, 3.63) is 42.4 Å². The molecule has 0 aliphatic rings. The van der Waals surface area contributed by atoms with Gasteiger partial charge in [-0.2, -0.15) is 0 Å². The molecule has 78 valence electrons. The molecule has 16 heavy (non-hydrogen) atoms. The fraction of sp³-hybridized carbons (Fsp3) is 0. The Hall–Kier alpha value is -1.36. The van der Waals surface area contributed by atoms with Gasteiger partial charge in [-0.05, 0) is 16.9 Å². The van der Waals surface area contributed by atoms with Crippen LogP contribution in [0, 0.1) is 0 Å². The maximum Gasteiger partial charge on any atom is 0.489 e. The standard InChI is InChI=1S/C12H9BO2S/c14-13(15)10-6-3-5-9-8-4-1-2-7-11(8)16-12(9)10/h1-7,14-15H/i1D,3D,7D.